The highest BCUT2D eigenvalue weighted by atomic mass is 127. The molecular weight excluding hydrogens is 483 g/mol. The molecule has 1 fully saturated rings. The Balaban J connectivity index is 0.00000420. The largest absolute Gasteiger partial charge is 0.466 e. The van der Waals surface area contributed by atoms with Gasteiger partial charge in [-0.25, -0.2) is 0 Å². The van der Waals surface area contributed by atoms with E-state index in [1.54, 1.807) is 12.1 Å². The number of benzene rings is 1. The maximum atomic E-state index is 12.0. The van der Waals surface area contributed by atoms with Crippen molar-refractivity contribution in [2.45, 2.75) is 33.1 Å². The highest BCUT2D eigenvalue weighted by Crippen LogP contribution is 2.18. The molecule has 0 atom stereocenters. The van der Waals surface area contributed by atoms with Crippen LogP contribution in [0.15, 0.2) is 35.3 Å². The molecule has 0 aromatic heterocycles. The lowest BCUT2D eigenvalue weighted by molar-refractivity contribution is -0.149. The van der Waals surface area contributed by atoms with E-state index >= 15 is 0 Å². The molecule has 1 aliphatic heterocycles. The van der Waals surface area contributed by atoms with Crippen LogP contribution in [0.5, 0.6) is 0 Å². The van der Waals surface area contributed by atoms with Gasteiger partial charge in [0.05, 0.1) is 12.5 Å². The van der Waals surface area contributed by atoms with Crippen LogP contribution in [0.4, 0.5) is 0 Å². The zero-order valence-corrected chi connectivity index (χ0v) is 19.7. The third-order valence-corrected chi connectivity index (χ3v) is 4.67. The number of esters is 1. The van der Waals surface area contributed by atoms with Crippen LogP contribution in [0.1, 0.15) is 43.5 Å². The van der Waals surface area contributed by atoms with Crippen LogP contribution in [0, 0.1) is 5.92 Å². The number of rotatable bonds is 8. The molecule has 0 aliphatic carbocycles. The van der Waals surface area contributed by atoms with Gasteiger partial charge in [-0.15, -0.1) is 24.0 Å². The van der Waals surface area contributed by atoms with E-state index in [9.17, 15) is 9.59 Å². The summed E-state index contributed by atoms with van der Waals surface area (Å²) in [5.74, 6) is 0.724. The molecule has 1 amide bonds. The molecule has 29 heavy (non-hydrogen) atoms. The van der Waals surface area contributed by atoms with Crippen molar-refractivity contribution in [1.29, 1.82) is 0 Å². The van der Waals surface area contributed by atoms with Crippen LogP contribution < -0.4 is 10.6 Å². The monoisotopic (exact) mass is 516 g/mol. The van der Waals surface area contributed by atoms with Gasteiger partial charge in [0.15, 0.2) is 5.96 Å². The van der Waals surface area contributed by atoms with Crippen LogP contribution in [-0.4, -0.2) is 62.1 Å². The number of carbonyl (C=O) groups is 2. The van der Waals surface area contributed by atoms with Gasteiger partial charge in [0, 0.05) is 38.3 Å². The molecule has 162 valence electrons. The summed E-state index contributed by atoms with van der Waals surface area (Å²) in [6, 6.07) is 9.21. The summed E-state index contributed by atoms with van der Waals surface area (Å²) in [7, 11) is 0. The zero-order chi connectivity index (χ0) is 20.2. The summed E-state index contributed by atoms with van der Waals surface area (Å²) in [4.78, 5) is 30.8. The minimum absolute atomic E-state index is 0. The molecule has 2 rings (SSSR count). The molecule has 0 saturated carbocycles. The van der Waals surface area contributed by atoms with Crippen LogP contribution in [0.25, 0.3) is 0 Å². The molecule has 1 aromatic rings. The molecule has 1 aliphatic rings. The molecular formula is C21H33IN4O3. The van der Waals surface area contributed by atoms with Crippen molar-refractivity contribution in [3.05, 3.63) is 35.9 Å². The maximum Gasteiger partial charge on any atom is 0.309 e. The van der Waals surface area contributed by atoms with Crippen molar-refractivity contribution in [3.63, 3.8) is 0 Å². The zero-order valence-electron chi connectivity index (χ0n) is 17.4. The van der Waals surface area contributed by atoms with E-state index in [-0.39, 0.29) is 41.8 Å². The molecule has 0 spiro atoms. The summed E-state index contributed by atoms with van der Waals surface area (Å²) in [5.41, 5.74) is 0.670. The summed E-state index contributed by atoms with van der Waals surface area (Å²) in [5, 5.41) is 6.24. The van der Waals surface area contributed by atoms with Gasteiger partial charge in [-0.1, -0.05) is 18.2 Å². The van der Waals surface area contributed by atoms with Gasteiger partial charge < -0.3 is 20.3 Å². The van der Waals surface area contributed by atoms with E-state index < -0.39 is 0 Å². The van der Waals surface area contributed by atoms with Crippen molar-refractivity contribution in [2.75, 3.05) is 39.3 Å². The van der Waals surface area contributed by atoms with Crippen molar-refractivity contribution in [1.82, 2.24) is 15.5 Å². The maximum absolute atomic E-state index is 12.0. The SMILES string of the molecule is CCNC(=NCCCNC(=O)c1ccccc1)N1CCC(C(=O)OCC)CC1.I. The number of aliphatic imine (C=N–C) groups is 1. The first-order chi connectivity index (χ1) is 13.7. The fraction of sp³-hybridized carbons (Fsp3) is 0.571. The van der Waals surface area contributed by atoms with E-state index in [0.717, 1.165) is 44.9 Å². The molecule has 7 nitrogen and oxygen atoms in total. The first-order valence-corrected chi connectivity index (χ1v) is 10.2. The fourth-order valence-electron chi connectivity index (χ4n) is 3.17. The minimum atomic E-state index is -0.0850. The topological polar surface area (TPSA) is 83.0 Å². The number of piperidine rings is 1. The van der Waals surface area contributed by atoms with Crippen molar-refractivity contribution >= 4 is 41.8 Å². The Bertz CT molecular complexity index is 647. The fourth-order valence-corrected chi connectivity index (χ4v) is 3.17. The van der Waals surface area contributed by atoms with E-state index in [0.29, 0.717) is 25.3 Å². The van der Waals surface area contributed by atoms with Crippen LogP contribution in [0.3, 0.4) is 0 Å². The lowest BCUT2D eigenvalue weighted by Gasteiger charge is -2.33. The Morgan fingerprint density at radius 3 is 2.45 bits per heavy atom. The van der Waals surface area contributed by atoms with Crippen molar-refractivity contribution < 1.29 is 14.3 Å². The number of nitrogens with zero attached hydrogens (tertiary/aromatic N) is 2. The summed E-state index contributed by atoms with van der Waals surface area (Å²) in [6.07, 6.45) is 2.35. The summed E-state index contributed by atoms with van der Waals surface area (Å²) >= 11 is 0. The Labute approximate surface area is 190 Å². The van der Waals surface area contributed by atoms with Gasteiger partial charge in [-0.2, -0.15) is 0 Å². The third-order valence-electron chi connectivity index (χ3n) is 4.67. The molecule has 2 N–H and O–H groups in total. The van der Waals surface area contributed by atoms with Gasteiger partial charge in [-0.05, 0) is 45.2 Å². The second kappa shape index (κ2) is 14.2. The normalized spacial score (nSPS) is 14.7. The number of likely N-dealkylation sites (tertiary alicyclic amines) is 1. The standard InChI is InChI=1S/C21H32N4O3.HI/c1-3-22-21(25-15-11-18(12-16-25)20(27)28-4-2)24-14-8-13-23-19(26)17-9-6-5-7-10-17;/h5-7,9-10,18H,3-4,8,11-16H2,1-2H3,(H,22,24)(H,23,26);1H. The van der Waals surface area contributed by atoms with Crippen LogP contribution in [-0.2, 0) is 9.53 Å². The predicted octanol–water partition coefficient (Wildman–Crippen LogP) is 2.67. The second-order valence-electron chi connectivity index (χ2n) is 6.72. The Morgan fingerprint density at radius 1 is 1.14 bits per heavy atom. The van der Waals surface area contributed by atoms with Crippen molar-refractivity contribution in [2.24, 2.45) is 10.9 Å². The van der Waals surface area contributed by atoms with E-state index in [1.165, 1.54) is 0 Å². The molecule has 1 aromatic carbocycles. The molecule has 0 bridgehead atoms. The number of carbonyl (C=O) groups excluding carboxylic acids is 2. The van der Waals surface area contributed by atoms with E-state index in [2.05, 4.69) is 20.5 Å². The smallest absolute Gasteiger partial charge is 0.309 e. The van der Waals surface area contributed by atoms with Crippen LogP contribution in [0.2, 0.25) is 0 Å². The average molecular weight is 516 g/mol. The molecule has 0 unspecified atom stereocenters. The first-order valence-electron chi connectivity index (χ1n) is 10.2. The van der Waals surface area contributed by atoms with Gasteiger partial charge in [0.2, 0.25) is 0 Å². The quantitative estimate of drug-likeness (QED) is 0.183. The minimum Gasteiger partial charge on any atom is -0.466 e. The van der Waals surface area contributed by atoms with Gasteiger partial charge in [0.25, 0.3) is 5.91 Å². The van der Waals surface area contributed by atoms with E-state index in [1.807, 2.05) is 32.0 Å². The molecule has 0 radical (unpaired) electrons. The third kappa shape index (κ3) is 8.59. The molecule has 8 heteroatoms. The number of ether oxygens (including phenoxy) is 1. The Kier molecular flexibility index (Phi) is 12.3. The number of halogens is 1. The Morgan fingerprint density at radius 2 is 1.83 bits per heavy atom. The van der Waals surface area contributed by atoms with Crippen molar-refractivity contribution in [3.8, 4) is 0 Å². The number of nitrogens with one attached hydrogen (secondary N) is 2. The van der Waals surface area contributed by atoms with E-state index in [4.69, 9.17) is 4.74 Å². The Hall–Kier alpha value is -1.84. The predicted molar refractivity (Wildman–Crippen MR) is 126 cm³/mol. The van der Waals surface area contributed by atoms with Gasteiger partial charge in [0.1, 0.15) is 0 Å². The second-order valence-corrected chi connectivity index (χ2v) is 6.72. The first kappa shape index (κ1) is 25.2. The lowest BCUT2D eigenvalue weighted by Crippen LogP contribution is -2.46. The van der Waals surface area contributed by atoms with Gasteiger partial charge >= 0.3 is 5.97 Å². The summed E-state index contributed by atoms with van der Waals surface area (Å²) < 4.78 is 5.13. The molecule has 1 saturated heterocycles. The number of hydrogen-bond donors (Lipinski definition) is 2. The highest BCUT2D eigenvalue weighted by molar-refractivity contribution is 14.0. The van der Waals surface area contributed by atoms with Gasteiger partial charge in [-0.3, -0.25) is 14.6 Å². The highest BCUT2D eigenvalue weighted by Gasteiger charge is 2.27. The number of hydrogen-bond acceptors (Lipinski definition) is 4. The average Bonchev–Trinajstić information content (AvgIpc) is 2.73. The molecule has 1 heterocycles. The van der Waals surface area contributed by atoms with Crippen LogP contribution >= 0.6 is 24.0 Å². The number of amides is 1. The number of guanidine groups is 1. The summed E-state index contributed by atoms with van der Waals surface area (Å²) in [6.45, 7) is 7.91. The lowest BCUT2D eigenvalue weighted by atomic mass is 9.97.